The molecule has 0 aliphatic heterocycles. The Bertz CT molecular complexity index is 2550. The molecule has 1 heterocycles. The summed E-state index contributed by atoms with van der Waals surface area (Å²) < 4.78 is 2.58. The number of anilines is 3. The standard InChI is InChI=1S/C46H31NS/c1-3-12-32(13-4-1)34-24-27-39(28-25-34)47(42-19-11-21-45-46(42)41-18-9-10-20-44(41)48-45)43-31-38(26-29-40(43)35-15-5-2-6-16-35)37-23-22-33-14-7-8-17-36(33)30-37/h1-31H. The molecule has 226 valence electrons. The number of benzene rings is 8. The predicted molar refractivity (Wildman–Crippen MR) is 208 cm³/mol. The van der Waals surface area contributed by atoms with Gasteiger partial charge in [0, 0.05) is 31.4 Å². The minimum atomic E-state index is 1.12. The van der Waals surface area contributed by atoms with Crippen LogP contribution in [0, 0.1) is 0 Å². The topological polar surface area (TPSA) is 3.24 Å². The van der Waals surface area contributed by atoms with Crippen molar-refractivity contribution in [3.63, 3.8) is 0 Å². The van der Waals surface area contributed by atoms with E-state index in [9.17, 15) is 0 Å². The average Bonchev–Trinajstić information content (AvgIpc) is 3.55. The Kier molecular flexibility index (Phi) is 7.07. The van der Waals surface area contributed by atoms with Crippen LogP contribution < -0.4 is 4.90 Å². The van der Waals surface area contributed by atoms with Crippen LogP contribution in [0.3, 0.4) is 0 Å². The molecule has 2 heteroatoms. The predicted octanol–water partition coefficient (Wildman–Crippen LogP) is 13.7. The maximum Gasteiger partial charge on any atom is 0.0555 e. The number of rotatable bonds is 6. The zero-order chi connectivity index (χ0) is 31.9. The van der Waals surface area contributed by atoms with Crippen LogP contribution in [0.1, 0.15) is 0 Å². The van der Waals surface area contributed by atoms with Gasteiger partial charge in [0.15, 0.2) is 0 Å². The summed E-state index contributed by atoms with van der Waals surface area (Å²) in [6, 6.07) is 68.3. The Morgan fingerprint density at radius 3 is 1.77 bits per heavy atom. The summed E-state index contributed by atoms with van der Waals surface area (Å²) >= 11 is 1.86. The Labute approximate surface area is 284 Å². The van der Waals surface area contributed by atoms with Crippen LogP contribution in [0.2, 0.25) is 0 Å². The highest BCUT2D eigenvalue weighted by atomic mass is 32.1. The van der Waals surface area contributed by atoms with Crippen LogP contribution in [-0.4, -0.2) is 0 Å². The Hall–Kier alpha value is -5.96. The second kappa shape index (κ2) is 12.0. The van der Waals surface area contributed by atoms with Gasteiger partial charge in [-0.15, -0.1) is 11.3 Å². The summed E-state index contributed by atoms with van der Waals surface area (Å²) in [7, 11) is 0. The first-order chi connectivity index (χ1) is 23.8. The monoisotopic (exact) mass is 629 g/mol. The van der Waals surface area contributed by atoms with E-state index in [1.54, 1.807) is 0 Å². The third-order valence-electron chi connectivity index (χ3n) is 9.26. The normalized spacial score (nSPS) is 11.3. The van der Waals surface area contributed by atoms with E-state index in [4.69, 9.17) is 0 Å². The smallest absolute Gasteiger partial charge is 0.0555 e. The van der Waals surface area contributed by atoms with Crippen molar-refractivity contribution in [3.05, 3.63) is 188 Å². The van der Waals surface area contributed by atoms with Crippen molar-refractivity contribution in [1.82, 2.24) is 0 Å². The quantitative estimate of drug-likeness (QED) is 0.177. The van der Waals surface area contributed by atoms with E-state index < -0.39 is 0 Å². The molecule has 0 amide bonds. The van der Waals surface area contributed by atoms with Crippen LogP contribution in [0.15, 0.2) is 188 Å². The van der Waals surface area contributed by atoms with Crippen LogP contribution in [-0.2, 0) is 0 Å². The molecule has 1 nitrogen and oxygen atoms in total. The minimum Gasteiger partial charge on any atom is -0.309 e. The first-order valence-electron chi connectivity index (χ1n) is 16.3. The number of fused-ring (bicyclic) bond motifs is 4. The van der Waals surface area contributed by atoms with Gasteiger partial charge in [-0.3, -0.25) is 0 Å². The summed E-state index contributed by atoms with van der Waals surface area (Å²) in [5, 5.41) is 5.05. The number of hydrogen-bond acceptors (Lipinski definition) is 2. The Balaban J connectivity index is 1.32. The van der Waals surface area contributed by atoms with Gasteiger partial charge >= 0.3 is 0 Å². The van der Waals surface area contributed by atoms with E-state index in [0.717, 1.165) is 11.4 Å². The van der Waals surface area contributed by atoms with Crippen molar-refractivity contribution in [3.8, 4) is 33.4 Å². The van der Waals surface area contributed by atoms with Gasteiger partial charge in [-0.2, -0.15) is 0 Å². The molecule has 0 bridgehead atoms. The fourth-order valence-corrected chi connectivity index (χ4v) is 8.04. The fourth-order valence-electron chi connectivity index (χ4n) is 6.91. The molecule has 9 rings (SSSR count). The molecule has 0 saturated carbocycles. The Morgan fingerprint density at radius 1 is 0.354 bits per heavy atom. The SMILES string of the molecule is c1ccc(-c2ccc(N(c3cc(-c4ccc5ccccc5c4)ccc3-c3ccccc3)c3cccc4sc5ccccc5c34)cc2)cc1. The van der Waals surface area contributed by atoms with Gasteiger partial charge in [0.05, 0.1) is 11.4 Å². The van der Waals surface area contributed by atoms with Crippen LogP contribution in [0.5, 0.6) is 0 Å². The molecule has 1 aromatic heterocycles. The van der Waals surface area contributed by atoms with E-state index in [1.165, 1.54) is 70.0 Å². The first-order valence-corrected chi connectivity index (χ1v) is 17.2. The van der Waals surface area contributed by atoms with E-state index >= 15 is 0 Å². The zero-order valence-corrected chi connectivity index (χ0v) is 27.1. The van der Waals surface area contributed by atoms with Gasteiger partial charge in [-0.05, 0) is 81.1 Å². The van der Waals surface area contributed by atoms with Crippen molar-refractivity contribution >= 4 is 59.3 Å². The molecule has 0 unspecified atom stereocenters. The van der Waals surface area contributed by atoms with Gasteiger partial charge in [0.25, 0.3) is 0 Å². The molecule has 0 spiro atoms. The van der Waals surface area contributed by atoms with Gasteiger partial charge in [0.2, 0.25) is 0 Å². The lowest BCUT2D eigenvalue weighted by atomic mass is 9.95. The molecule has 0 fully saturated rings. The highest BCUT2D eigenvalue weighted by Crippen LogP contribution is 2.48. The van der Waals surface area contributed by atoms with Crippen molar-refractivity contribution in [2.24, 2.45) is 0 Å². The molecule has 8 aromatic carbocycles. The molecule has 0 atom stereocenters. The number of thiophene rings is 1. The largest absolute Gasteiger partial charge is 0.309 e. The molecule has 0 N–H and O–H groups in total. The second-order valence-electron chi connectivity index (χ2n) is 12.2. The van der Waals surface area contributed by atoms with Crippen LogP contribution in [0.25, 0.3) is 64.3 Å². The molecule has 0 aliphatic rings. The summed E-state index contributed by atoms with van der Waals surface area (Å²) in [6.45, 7) is 0. The van der Waals surface area contributed by atoms with Crippen molar-refractivity contribution in [2.45, 2.75) is 0 Å². The summed E-state index contributed by atoms with van der Waals surface area (Å²) in [5.74, 6) is 0. The Morgan fingerprint density at radius 2 is 0.958 bits per heavy atom. The van der Waals surface area contributed by atoms with Crippen molar-refractivity contribution in [2.75, 3.05) is 4.90 Å². The molecular formula is C46H31NS. The van der Waals surface area contributed by atoms with E-state index in [0.29, 0.717) is 0 Å². The molecule has 9 aromatic rings. The van der Waals surface area contributed by atoms with E-state index in [2.05, 4.69) is 193 Å². The summed E-state index contributed by atoms with van der Waals surface area (Å²) in [4.78, 5) is 2.48. The molecular weight excluding hydrogens is 599 g/mol. The summed E-state index contributed by atoms with van der Waals surface area (Å²) in [6.07, 6.45) is 0. The molecule has 0 aliphatic carbocycles. The van der Waals surface area contributed by atoms with Crippen molar-refractivity contribution < 1.29 is 0 Å². The lowest BCUT2D eigenvalue weighted by molar-refractivity contribution is 1.30. The highest BCUT2D eigenvalue weighted by molar-refractivity contribution is 7.26. The fraction of sp³-hybridized carbons (Fsp3) is 0. The third-order valence-corrected chi connectivity index (χ3v) is 10.4. The van der Waals surface area contributed by atoms with E-state index in [-0.39, 0.29) is 0 Å². The lowest BCUT2D eigenvalue weighted by Gasteiger charge is -2.29. The average molecular weight is 630 g/mol. The maximum absolute atomic E-state index is 2.48. The molecule has 0 saturated heterocycles. The van der Waals surface area contributed by atoms with Gasteiger partial charge in [-0.1, -0.05) is 146 Å². The van der Waals surface area contributed by atoms with Crippen molar-refractivity contribution in [1.29, 1.82) is 0 Å². The maximum atomic E-state index is 2.48. The van der Waals surface area contributed by atoms with Gasteiger partial charge in [0.1, 0.15) is 0 Å². The van der Waals surface area contributed by atoms with Crippen LogP contribution >= 0.6 is 11.3 Å². The number of hydrogen-bond donors (Lipinski definition) is 0. The van der Waals surface area contributed by atoms with Gasteiger partial charge in [-0.25, -0.2) is 0 Å². The van der Waals surface area contributed by atoms with E-state index in [1.807, 2.05) is 11.3 Å². The second-order valence-corrected chi connectivity index (χ2v) is 13.2. The highest BCUT2D eigenvalue weighted by Gasteiger charge is 2.22. The molecule has 0 radical (unpaired) electrons. The third kappa shape index (κ3) is 5.04. The molecule has 48 heavy (non-hydrogen) atoms. The summed E-state index contributed by atoms with van der Waals surface area (Å²) in [5.41, 5.74) is 10.6. The van der Waals surface area contributed by atoms with Crippen LogP contribution in [0.4, 0.5) is 17.1 Å². The first kappa shape index (κ1) is 28.3. The minimum absolute atomic E-state index is 1.12. The zero-order valence-electron chi connectivity index (χ0n) is 26.3. The lowest BCUT2D eigenvalue weighted by Crippen LogP contribution is -2.12. The van der Waals surface area contributed by atoms with Gasteiger partial charge < -0.3 is 4.90 Å². The number of nitrogens with zero attached hydrogens (tertiary/aromatic N) is 1.